The van der Waals surface area contributed by atoms with Crippen LogP contribution in [-0.4, -0.2) is 43.9 Å². The molecule has 1 fully saturated rings. The van der Waals surface area contributed by atoms with E-state index in [9.17, 15) is 0 Å². The Morgan fingerprint density at radius 2 is 2.10 bits per heavy atom. The molecule has 3 atom stereocenters. The lowest BCUT2D eigenvalue weighted by molar-refractivity contribution is -0.0314. The number of hydrogen-bond acceptors (Lipinski definition) is 4. The molecular formula is C16H26N2O2. The Bertz CT molecular complexity index is 407. The van der Waals surface area contributed by atoms with E-state index < -0.39 is 0 Å². The van der Waals surface area contributed by atoms with E-state index in [0.29, 0.717) is 12.1 Å². The molecule has 0 aromatic heterocycles. The predicted octanol–water partition coefficient (Wildman–Crippen LogP) is 2.19. The fourth-order valence-corrected chi connectivity index (χ4v) is 2.87. The molecule has 1 aliphatic heterocycles. The molecule has 1 saturated heterocycles. The number of methoxy groups -OCH3 is 1. The summed E-state index contributed by atoms with van der Waals surface area (Å²) in [5.41, 5.74) is 7.61. The number of morpholine rings is 1. The maximum atomic E-state index is 6.45. The van der Waals surface area contributed by atoms with Gasteiger partial charge in [-0.15, -0.1) is 0 Å². The van der Waals surface area contributed by atoms with Crippen LogP contribution in [-0.2, 0) is 4.74 Å². The Kier molecular flexibility index (Phi) is 5.40. The van der Waals surface area contributed by atoms with E-state index in [2.05, 4.69) is 30.9 Å². The first-order chi connectivity index (χ1) is 9.67. The van der Waals surface area contributed by atoms with Crippen molar-refractivity contribution in [1.29, 1.82) is 0 Å². The second kappa shape index (κ2) is 7.07. The maximum Gasteiger partial charge on any atom is 0.118 e. The number of rotatable bonds is 5. The van der Waals surface area contributed by atoms with Gasteiger partial charge in [0.1, 0.15) is 5.75 Å². The zero-order valence-corrected chi connectivity index (χ0v) is 12.7. The lowest BCUT2D eigenvalue weighted by Crippen LogP contribution is -2.52. The normalized spacial score (nSPS) is 23.3. The molecular weight excluding hydrogens is 252 g/mol. The van der Waals surface area contributed by atoms with Crippen LogP contribution < -0.4 is 10.5 Å². The quantitative estimate of drug-likeness (QED) is 0.897. The van der Waals surface area contributed by atoms with Crippen LogP contribution in [0.1, 0.15) is 31.9 Å². The molecule has 2 N–H and O–H groups in total. The smallest absolute Gasteiger partial charge is 0.118 e. The van der Waals surface area contributed by atoms with Gasteiger partial charge in [-0.05, 0) is 31.0 Å². The van der Waals surface area contributed by atoms with Gasteiger partial charge in [-0.3, -0.25) is 4.90 Å². The summed E-state index contributed by atoms with van der Waals surface area (Å²) in [6.07, 6.45) is 1.10. The predicted molar refractivity (Wildman–Crippen MR) is 81.0 cm³/mol. The van der Waals surface area contributed by atoms with Gasteiger partial charge in [-0.2, -0.15) is 0 Å². The number of nitrogens with zero attached hydrogens (tertiary/aromatic N) is 1. The maximum absolute atomic E-state index is 6.45. The van der Waals surface area contributed by atoms with Crippen molar-refractivity contribution >= 4 is 0 Å². The standard InChI is InChI=1S/C16H26N2O2/c1-4-14-11-20-10-9-18(14)12(2)16(17)13-5-7-15(19-3)8-6-13/h5-8,12,14,16H,4,9-11,17H2,1-3H3. The van der Waals surface area contributed by atoms with Gasteiger partial charge < -0.3 is 15.2 Å². The van der Waals surface area contributed by atoms with Gasteiger partial charge in [0.05, 0.1) is 20.3 Å². The molecule has 0 spiro atoms. The van der Waals surface area contributed by atoms with Gasteiger partial charge in [0, 0.05) is 24.7 Å². The summed E-state index contributed by atoms with van der Waals surface area (Å²) >= 11 is 0. The molecule has 4 heteroatoms. The van der Waals surface area contributed by atoms with Crippen molar-refractivity contribution in [1.82, 2.24) is 4.90 Å². The number of benzene rings is 1. The van der Waals surface area contributed by atoms with Gasteiger partial charge >= 0.3 is 0 Å². The SMILES string of the molecule is CCC1COCCN1C(C)C(N)c1ccc(OC)cc1. The van der Waals surface area contributed by atoms with Crippen molar-refractivity contribution in [3.63, 3.8) is 0 Å². The summed E-state index contributed by atoms with van der Waals surface area (Å²) in [5.74, 6) is 0.867. The van der Waals surface area contributed by atoms with Crippen molar-refractivity contribution in [2.45, 2.75) is 38.4 Å². The van der Waals surface area contributed by atoms with Crippen LogP contribution in [0.25, 0.3) is 0 Å². The van der Waals surface area contributed by atoms with Crippen LogP contribution in [0, 0.1) is 0 Å². The first-order valence-electron chi connectivity index (χ1n) is 7.40. The number of ether oxygens (including phenoxy) is 2. The monoisotopic (exact) mass is 278 g/mol. The Balaban J connectivity index is 2.07. The lowest BCUT2D eigenvalue weighted by atomic mass is 9.98. The van der Waals surface area contributed by atoms with E-state index in [4.69, 9.17) is 15.2 Å². The van der Waals surface area contributed by atoms with Gasteiger partial charge in [0.15, 0.2) is 0 Å². The van der Waals surface area contributed by atoms with Crippen LogP contribution in [0.5, 0.6) is 5.75 Å². The van der Waals surface area contributed by atoms with Crippen LogP contribution in [0.4, 0.5) is 0 Å². The van der Waals surface area contributed by atoms with E-state index in [-0.39, 0.29) is 6.04 Å². The highest BCUT2D eigenvalue weighted by Gasteiger charge is 2.29. The van der Waals surface area contributed by atoms with Gasteiger partial charge in [0.2, 0.25) is 0 Å². The minimum atomic E-state index is 0.00746. The van der Waals surface area contributed by atoms with E-state index in [1.54, 1.807) is 7.11 Å². The summed E-state index contributed by atoms with van der Waals surface area (Å²) in [6, 6.07) is 8.84. The Morgan fingerprint density at radius 1 is 1.40 bits per heavy atom. The average molecular weight is 278 g/mol. The highest BCUT2D eigenvalue weighted by Crippen LogP contribution is 2.24. The molecule has 1 aromatic carbocycles. The van der Waals surface area contributed by atoms with E-state index in [1.807, 2.05) is 12.1 Å². The van der Waals surface area contributed by atoms with Crippen molar-refractivity contribution < 1.29 is 9.47 Å². The molecule has 4 nitrogen and oxygen atoms in total. The van der Waals surface area contributed by atoms with E-state index in [1.165, 1.54) is 0 Å². The first-order valence-corrected chi connectivity index (χ1v) is 7.40. The van der Waals surface area contributed by atoms with Crippen molar-refractivity contribution in [3.8, 4) is 5.75 Å². The van der Waals surface area contributed by atoms with Gasteiger partial charge in [-0.25, -0.2) is 0 Å². The van der Waals surface area contributed by atoms with Crippen LogP contribution in [0.3, 0.4) is 0 Å². The third-order valence-corrected chi connectivity index (χ3v) is 4.29. The molecule has 112 valence electrons. The van der Waals surface area contributed by atoms with Crippen LogP contribution >= 0.6 is 0 Å². The molecule has 0 aliphatic carbocycles. The number of nitrogens with two attached hydrogens (primary N) is 1. The van der Waals surface area contributed by atoms with E-state index >= 15 is 0 Å². The third kappa shape index (κ3) is 3.32. The van der Waals surface area contributed by atoms with Gasteiger partial charge in [0.25, 0.3) is 0 Å². The highest BCUT2D eigenvalue weighted by atomic mass is 16.5. The largest absolute Gasteiger partial charge is 0.497 e. The first kappa shape index (κ1) is 15.3. The minimum Gasteiger partial charge on any atom is -0.497 e. The molecule has 0 bridgehead atoms. The Morgan fingerprint density at radius 3 is 2.70 bits per heavy atom. The molecule has 0 amide bonds. The zero-order valence-electron chi connectivity index (χ0n) is 12.7. The average Bonchev–Trinajstić information content (AvgIpc) is 2.53. The molecule has 0 radical (unpaired) electrons. The lowest BCUT2D eigenvalue weighted by Gasteiger charge is -2.41. The molecule has 20 heavy (non-hydrogen) atoms. The summed E-state index contributed by atoms with van der Waals surface area (Å²) in [5, 5.41) is 0. The summed E-state index contributed by atoms with van der Waals surface area (Å²) in [7, 11) is 1.68. The molecule has 3 unspecified atom stereocenters. The fourth-order valence-electron chi connectivity index (χ4n) is 2.87. The second-order valence-electron chi connectivity index (χ2n) is 5.41. The fraction of sp³-hybridized carbons (Fsp3) is 0.625. The molecule has 1 aliphatic rings. The zero-order chi connectivity index (χ0) is 14.5. The van der Waals surface area contributed by atoms with Crippen molar-refractivity contribution in [3.05, 3.63) is 29.8 Å². The molecule has 1 heterocycles. The summed E-state index contributed by atoms with van der Waals surface area (Å²) in [4.78, 5) is 2.48. The Hall–Kier alpha value is -1.10. The van der Waals surface area contributed by atoms with E-state index in [0.717, 1.165) is 37.5 Å². The molecule has 1 aromatic rings. The summed E-state index contributed by atoms with van der Waals surface area (Å²) < 4.78 is 10.8. The van der Waals surface area contributed by atoms with Crippen LogP contribution in [0.15, 0.2) is 24.3 Å². The van der Waals surface area contributed by atoms with Crippen LogP contribution in [0.2, 0.25) is 0 Å². The van der Waals surface area contributed by atoms with Crippen molar-refractivity contribution in [2.75, 3.05) is 26.9 Å². The Labute approximate surface area is 121 Å². The third-order valence-electron chi connectivity index (χ3n) is 4.29. The number of hydrogen-bond donors (Lipinski definition) is 1. The highest BCUT2D eigenvalue weighted by molar-refractivity contribution is 5.29. The molecule has 0 saturated carbocycles. The minimum absolute atomic E-state index is 0.00746. The van der Waals surface area contributed by atoms with Gasteiger partial charge in [-0.1, -0.05) is 19.1 Å². The molecule has 2 rings (SSSR count). The summed E-state index contributed by atoms with van der Waals surface area (Å²) in [6.45, 7) is 7.00. The second-order valence-corrected chi connectivity index (χ2v) is 5.41. The van der Waals surface area contributed by atoms with Crippen molar-refractivity contribution in [2.24, 2.45) is 5.73 Å². The topological polar surface area (TPSA) is 47.7 Å².